The molecule has 0 aliphatic carbocycles. The van der Waals surface area contributed by atoms with E-state index in [1.165, 1.54) is 0 Å². The van der Waals surface area contributed by atoms with Gasteiger partial charge in [0.1, 0.15) is 16.5 Å². The molecular weight excluding hydrogens is 439 g/mol. The quantitative estimate of drug-likeness (QED) is 0.379. The molecule has 0 amide bonds. The minimum absolute atomic E-state index is 0.128. The van der Waals surface area contributed by atoms with Crippen molar-refractivity contribution < 1.29 is 14.0 Å². The van der Waals surface area contributed by atoms with E-state index in [4.69, 9.17) is 48.8 Å². The number of ether oxygens (including phenoxy) is 2. The van der Waals surface area contributed by atoms with Gasteiger partial charge in [0.15, 0.2) is 12.4 Å². The zero-order chi connectivity index (χ0) is 20.4. The molecule has 2 aromatic heterocycles. The van der Waals surface area contributed by atoms with Gasteiger partial charge in [-0.3, -0.25) is 0 Å². The van der Waals surface area contributed by atoms with E-state index in [-0.39, 0.29) is 12.6 Å². The molecule has 2 heterocycles. The molecule has 2 aromatic carbocycles. The summed E-state index contributed by atoms with van der Waals surface area (Å²) in [5, 5.41) is 9.67. The fraction of sp³-hybridized carbons (Fsp3) is 0.105. The van der Waals surface area contributed by atoms with E-state index >= 15 is 0 Å². The van der Waals surface area contributed by atoms with Crippen molar-refractivity contribution in [3.05, 3.63) is 63.7 Å². The monoisotopic (exact) mass is 450 g/mol. The van der Waals surface area contributed by atoms with Crippen LogP contribution in [-0.2, 0) is 6.73 Å². The molecule has 0 N–H and O–H groups in total. The first-order chi connectivity index (χ1) is 14.0. The lowest BCUT2D eigenvalue weighted by atomic mass is 10.2. The highest BCUT2D eigenvalue weighted by Crippen LogP contribution is 2.33. The number of halogens is 3. The molecule has 0 saturated heterocycles. The molecule has 0 aliphatic rings. The number of nitrogens with zero attached hydrogens (tertiary/aromatic N) is 4. The first-order valence-corrected chi connectivity index (χ1v) is 9.47. The SMILES string of the molecule is COc1ccc(Cl)cc1-c1noc(-c2ccn(COc3cccc(Cl)c3Cl)n2)n1. The Kier molecular flexibility index (Phi) is 5.62. The van der Waals surface area contributed by atoms with Gasteiger partial charge < -0.3 is 14.0 Å². The van der Waals surface area contributed by atoms with E-state index in [1.807, 2.05) is 0 Å². The van der Waals surface area contributed by atoms with Crippen LogP contribution in [0.5, 0.6) is 11.5 Å². The molecule has 0 bridgehead atoms. The van der Waals surface area contributed by atoms with Crippen LogP contribution in [0.1, 0.15) is 0 Å². The second kappa shape index (κ2) is 8.32. The van der Waals surface area contributed by atoms with E-state index in [0.717, 1.165) is 0 Å². The Hall–Kier alpha value is -2.74. The molecule has 4 aromatic rings. The summed E-state index contributed by atoms with van der Waals surface area (Å²) in [6.45, 7) is 0.128. The number of hydrogen-bond donors (Lipinski definition) is 0. The maximum atomic E-state index is 6.12. The van der Waals surface area contributed by atoms with Crippen molar-refractivity contribution in [2.24, 2.45) is 0 Å². The fourth-order valence-electron chi connectivity index (χ4n) is 2.57. The number of aromatic nitrogens is 4. The van der Waals surface area contributed by atoms with Crippen LogP contribution in [0, 0.1) is 0 Å². The van der Waals surface area contributed by atoms with Crippen LogP contribution in [0.4, 0.5) is 0 Å². The lowest BCUT2D eigenvalue weighted by Gasteiger charge is -2.08. The van der Waals surface area contributed by atoms with Gasteiger partial charge in [-0.25, -0.2) is 4.68 Å². The predicted octanol–water partition coefficient (Wildman–Crippen LogP) is 5.61. The predicted molar refractivity (Wildman–Crippen MR) is 110 cm³/mol. The largest absolute Gasteiger partial charge is 0.496 e. The molecule has 0 atom stereocenters. The van der Waals surface area contributed by atoms with Crippen molar-refractivity contribution in [3.8, 4) is 34.5 Å². The molecule has 0 fully saturated rings. The zero-order valence-corrected chi connectivity index (χ0v) is 17.2. The van der Waals surface area contributed by atoms with Gasteiger partial charge in [-0.1, -0.05) is 46.0 Å². The van der Waals surface area contributed by atoms with Crippen LogP contribution in [0.2, 0.25) is 15.1 Å². The van der Waals surface area contributed by atoms with Crippen molar-refractivity contribution in [1.82, 2.24) is 19.9 Å². The number of hydrogen-bond acceptors (Lipinski definition) is 6. The second-order valence-electron chi connectivity index (χ2n) is 5.83. The molecule has 0 aliphatic heterocycles. The molecule has 10 heteroatoms. The summed E-state index contributed by atoms with van der Waals surface area (Å²) < 4.78 is 17.9. The van der Waals surface area contributed by atoms with Crippen LogP contribution in [0.3, 0.4) is 0 Å². The summed E-state index contributed by atoms with van der Waals surface area (Å²) in [5.74, 6) is 1.64. The van der Waals surface area contributed by atoms with Crippen LogP contribution >= 0.6 is 34.8 Å². The molecule has 0 radical (unpaired) electrons. The van der Waals surface area contributed by atoms with E-state index < -0.39 is 0 Å². The Morgan fingerprint density at radius 1 is 1.07 bits per heavy atom. The van der Waals surface area contributed by atoms with Gasteiger partial charge in [0.2, 0.25) is 5.82 Å². The van der Waals surface area contributed by atoms with Gasteiger partial charge in [-0.15, -0.1) is 0 Å². The minimum Gasteiger partial charge on any atom is -0.496 e. The van der Waals surface area contributed by atoms with E-state index in [9.17, 15) is 0 Å². The normalized spacial score (nSPS) is 10.9. The lowest BCUT2D eigenvalue weighted by molar-refractivity contribution is 0.221. The Balaban J connectivity index is 1.52. The van der Waals surface area contributed by atoms with Crippen LogP contribution in [0.25, 0.3) is 23.0 Å². The van der Waals surface area contributed by atoms with E-state index in [2.05, 4.69) is 15.2 Å². The topological polar surface area (TPSA) is 75.2 Å². The van der Waals surface area contributed by atoms with Gasteiger partial charge in [0.25, 0.3) is 5.89 Å². The van der Waals surface area contributed by atoms with Gasteiger partial charge in [-0.05, 0) is 36.4 Å². The summed E-state index contributed by atoms with van der Waals surface area (Å²) in [5.41, 5.74) is 1.11. The summed E-state index contributed by atoms with van der Waals surface area (Å²) in [6, 6.07) is 12.1. The standard InChI is InChI=1S/C19H13Cl3N4O3/c1-27-15-6-5-11(20)9-12(15)18-23-19(29-25-18)14-7-8-26(24-14)10-28-16-4-2-3-13(21)17(16)22/h2-9H,10H2,1H3. The molecule has 7 nitrogen and oxygen atoms in total. The highest BCUT2D eigenvalue weighted by atomic mass is 35.5. The molecule has 0 saturated carbocycles. The zero-order valence-electron chi connectivity index (χ0n) is 15.0. The molecule has 148 valence electrons. The molecule has 0 unspecified atom stereocenters. The third-order valence-electron chi connectivity index (χ3n) is 3.96. The van der Waals surface area contributed by atoms with Crippen molar-refractivity contribution in [3.63, 3.8) is 0 Å². The summed E-state index contributed by atoms with van der Waals surface area (Å²) >= 11 is 18.2. The second-order valence-corrected chi connectivity index (χ2v) is 7.06. The van der Waals surface area contributed by atoms with Crippen LogP contribution < -0.4 is 9.47 Å². The molecule has 0 spiro atoms. The first-order valence-electron chi connectivity index (χ1n) is 8.33. The van der Waals surface area contributed by atoms with Crippen molar-refractivity contribution in [1.29, 1.82) is 0 Å². The molecule has 4 rings (SSSR count). The van der Waals surface area contributed by atoms with Gasteiger partial charge >= 0.3 is 0 Å². The Morgan fingerprint density at radius 3 is 2.76 bits per heavy atom. The van der Waals surface area contributed by atoms with Gasteiger partial charge in [0, 0.05) is 11.2 Å². The van der Waals surface area contributed by atoms with Crippen LogP contribution in [-0.4, -0.2) is 27.0 Å². The Bertz CT molecular complexity index is 1160. The average molecular weight is 452 g/mol. The third kappa shape index (κ3) is 4.17. The van der Waals surface area contributed by atoms with Gasteiger partial charge in [-0.2, -0.15) is 10.1 Å². The van der Waals surface area contributed by atoms with Crippen molar-refractivity contribution in [2.45, 2.75) is 6.73 Å². The number of rotatable bonds is 6. The first kappa shape index (κ1) is 19.6. The average Bonchev–Trinajstić information content (AvgIpc) is 3.38. The lowest BCUT2D eigenvalue weighted by Crippen LogP contribution is -2.06. The highest BCUT2D eigenvalue weighted by molar-refractivity contribution is 6.42. The highest BCUT2D eigenvalue weighted by Gasteiger charge is 2.17. The van der Waals surface area contributed by atoms with Crippen molar-refractivity contribution in [2.75, 3.05) is 7.11 Å². The Labute approximate surface area is 180 Å². The third-order valence-corrected chi connectivity index (χ3v) is 4.99. The smallest absolute Gasteiger partial charge is 0.278 e. The van der Waals surface area contributed by atoms with E-state index in [1.54, 1.807) is 60.5 Å². The van der Waals surface area contributed by atoms with Crippen molar-refractivity contribution >= 4 is 34.8 Å². The summed E-state index contributed by atoms with van der Waals surface area (Å²) in [4.78, 5) is 4.39. The summed E-state index contributed by atoms with van der Waals surface area (Å²) in [7, 11) is 1.56. The maximum Gasteiger partial charge on any atom is 0.278 e. The number of benzene rings is 2. The Morgan fingerprint density at radius 2 is 1.93 bits per heavy atom. The summed E-state index contributed by atoms with van der Waals surface area (Å²) in [6.07, 6.45) is 1.72. The van der Waals surface area contributed by atoms with E-state index in [0.29, 0.717) is 43.6 Å². The minimum atomic E-state index is 0.128. The van der Waals surface area contributed by atoms with Crippen LogP contribution in [0.15, 0.2) is 53.2 Å². The van der Waals surface area contributed by atoms with Gasteiger partial charge in [0.05, 0.1) is 17.7 Å². The number of methoxy groups -OCH3 is 1. The fourth-order valence-corrected chi connectivity index (χ4v) is 3.09. The maximum absolute atomic E-state index is 6.12. The molecule has 29 heavy (non-hydrogen) atoms. The molecular formula is C19H13Cl3N4O3.